The van der Waals surface area contributed by atoms with Gasteiger partial charge in [0.1, 0.15) is 152 Å². The minimum absolute atomic E-state index is 0.0442. The van der Waals surface area contributed by atoms with Gasteiger partial charge in [-0.05, 0) is 27.7 Å². The molecule has 7 rings (SSSR count). The van der Waals surface area contributed by atoms with E-state index >= 15 is 0 Å². The van der Waals surface area contributed by atoms with Crippen molar-refractivity contribution in [1.29, 1.82) is 0 Å². The van der Waals surface area contributed by atoms with Gasteiger partial charge in [0.25, 0.3) is 0 Å². The molecule has 0 spiro atoms. The number of carbonyl (C=O) groups is 2. The number of rotatable bonds is 20. The van der Waals surface area contributed by atoms with E-state index in [1.165, 1.54) is 20.8 Å². The molecule has 35 atom stereocenters. The lowest BCUT2D eigenvalue weighted by Gasteiger charge is -2.52. The number of hydrogen-bond donors (Lipinski definition) is 19. The third kappa shape index (κ3) is 14.7. The van der Waals surface area contributed by atoms with Crippen molar-refractivity contribution in [2.75, 3.05) is 33.0 Å². The molecule has 16 unspecified atom stereocenters. The van der Waals surface area contributed by atoms with Gasteiger partial charge in [-0.25, -0.2) is 0 Å². The molecule has 0 aliphatic carbocycles. The molecule has 0 aromatic heterocycles. The molecule has 0 aromatic rings. The first kappa shape index (κ1) is 68.2. The molecule has 0 bridgehead atoms. The summed E-state index contributed by atoms with van der Waals surface area (Å²) in [5, 5.41) is 191. The fraction of sp³-hybridized carbons (Fsp3) is 0.958. The molecule has 35 heteroatoms. The third-order valence-electron chi connectivity index (χ3n) is 15.5. The minimum atomic E-state index is -2.27. The van der Waals surface area contributed by atoms with E-state index in [0.29, 0.717) is 0 Å². The lowest BCUT2D eigenvalue weighted by atomic mass is 9.93. The largest absolute Gasteiger partial charge is 0.394 e. The van der Waals surface area contributed by atoms with E-state index in [0.717, 1.165) is 13.8 Å². The Morgan fingerprint density at radius 3 is 1.07 bits per heavy atom. The summed E-state index contributed by atoms with van der Waals surface area (Å²) < 4.78 is 84.1. The van der Waals surface area contributed by atoms with Crippen LogP contribution in [0.4, 0.5) is 0 Å². The van der Waals surface area contributed by atoms with Crippen LogP contribution in [0.1, 0.15) is 41.5 Å². The Morgan fingerprint density at radius 2 is 0.663 bits per heavy atom. The van der Waals surface area contributed by atoms with Crippen LogP contribution in [0.5, 0.6) is 0 Å². The Kier molecular flexibility index (Phi) is 24.1. The quantitative estimate of drug-likeness (QED) is 0.0538. The molecule has 7 aliphatic heterocycles. The summed E-state index contributed by atoms with van der Waals surface area (Å²) in [7, 11) is 0. The highest BCUT2D eigenvalue weighted by atomic mass is 16.8. The molecule has 7 saturated heterocycles. The second-order valence-electron chi connectivity index (χ2n) is 21.4. The van der Waals surface area contributed by atoms with Gasteiger partial charge < -0.3 is 164 Å². The van der Waals surface area contributed by atoms with Crippen molar-refractivity contribution in [3.05, 3.63) is 0 Å². The molecule has 7 fully saturated rings. The van der Waals surface area contributed by atoms with Crippen LogP contribution < -0.4 is 10.6 Å². The van der Waals surface area contributed by atoms with Gasteiger partial charge in [0, 0.05) is 20.5 Å². The summed E-state index contributed by atoms with van der Waals surface area (Å²) in [5.41, 5.74) is 0. The van der Waals surface area contributed by atoms with Crippen LogP contribution >= 0.6 is 0 Å². The lowest BCUT2D eigenvalue weighted by Crippen LogP contribution is -2.72. The molecule has 7 heterocycles. The summed E-state index contributed by atoms with van der Waals surface area (Å²) in [5.74, 6) is -1.61. The maximum absolute atomic E-state index is 13.3. The molecule has 19 N–H and O–H groups in total. The van der Waals surface area contributed by atoms with Crippen LogP contribution in [0.3, 0.4) is 0 Å². The normalized spacial score (nSPS) is 50.8. The number of ether oxygens (including phenoxy) is 14. The Labute approximate surface area is 473 Å². The zero-order valence-corrected chi connectivity index (χ0v) is 45.9. The Morgan fingerprint density at radius 1 is 0.337 bits per heavy atom. The summed E-state index contributed by atoms with van der Waals surface area (Å²) >= 11 is 0. The molecule has 0 radical (unpaired) electrons. The maximum Gasteiger partial charge on any atom is 0.217 e. The highest BCUT2D eigenvalue weighted by Crippen LogP contribution is 2.39. The van der Waals surface area contributed by atoms with Crippen LogP contribution in [0.15, 0.2) is 0 Å². The predicted octanol–water partition coefficient (Wildman–Crippen LogP) is -11.9. The first-order chi connectivity index (χ1) is 39.2. The van der Waals surface area contributed by atoms with Gasteiger partial charge in [0.15, 0.2) is 44.0 Å². The summed E-state index contributed by atoms with van der Waals surface area (Å²) in [6, 6.07) is -3.33. The number of amides is 2. The monoisotopic (exact) mass is 1210 g/mol. The first-order valence-electron chi connectivity index (χ1n) is 27.2. The fourth-order valence-corrected chi connectivity index (χ4v) is 10.9. The Balaban J connectivity index is 1.25. The first-order valence-corrected chi connectivity index (χ1v) is 27.2. The van der Waals surface area contributed by atoms with Gasteiger partial charge in [-0.3, -0.25) is 9.59 Å². The molecular weight excluding hydrogens is 1130 g/mol. The molecule has 482 valence electrons. The average Bonchev–Trinajstić information content (AvgIpc) is 2.89. The van der Waals surface area contributed by atoms with E-state index in [1.807, 2.05) is 0 Å². The minimum Gasteiger partial charge on any atom is -0.394 e. The van der Waals surface area contributed by atoms with Crippen LogP contribution in [-0.4, -0.2) is 346 Å². The smallest absolute Gasteiger partial charge is 0.217 e. The van der Waals surface area contributed by atoms with Gasteiger partial charge in [-0.15, -0.1) is 0 Å². The predicted molar refractivity (Wildman–Crippen MR) is 260 cm³/mol. The Hall–Kier alpha value is -2.30. The van der Waals surface area contributed by atoms with E-state index in [9.17, 15) is 96.4 Å². The standard InChI is InChI=1S/C48H82N2O33/c1-7-70-42-21(49-15(5)55)38(80-44-32(66)28(62)23(57)12(2)71-44)36(19(10-53)76-42)78-47-35(69)40(27(61)18(9-52)74-47)82-43-22(50-16(6)56)39(81-45-33(67)29(63)24(58)13(3)72-45)37(20(11-54)77-43)79-48-41(31(65)26(60)17(8-51)75-48)83-46-34(68)30(64)25(59)14(4)73-46/h12-14,17-48,51-54,57-69H,7-11H2,1-6H3,(H,49,55)(H,50,56)/t12?,13?,14-,17?,18?,19?,20?,21-,22-,23+,24+,25+,26-,27-,28-,29-,30?,31?,32?,33?,34?,35?,36+,37+,38?,39?,40?,41?,42+,43-,44-,45-,46-,47-,48-/m0/s1. The van der Waals surface area contributed by atoms with Gasteiger partial charge in [0.05, 0.1) is 44.7 Å². The number of aliphatic hydroxyl groups excluding tert-OH is 17. The second-order valence-corrected chi connectivity index (χ2v) is 21.4. The highest BCUT2D eigenvalue weighted by molar-refractivity contribution is 5.73. The van der Waals surface area contributed by atoms with Crippen LogP contribution in [0.2, 0.25) is 0 Å². The molecule has 83 heavy (non-hydrogen) atoms. The summed E-state index contributed by atoms with van der Waals surface area (Å²) in [6.45, 7) is 3.51. The molecule has 7 aliphatic rings. The van der Waals surface area contributed by atoms with E-state index in [2.05, 4.69) is 10.6 Å². The van der Waals surface area contributed by atoms with E-state index in [-0.39, 0.29) is 6.61 Å². The maximum atomic E-state index is 13.3. The molecule has 0 saturated carbocycles. The number of carbonyl (C=O) groups excluding carboxylic acids is 2. The van der Waals surface area contributed by atoms with Crippen molar-refractivity contribution in [1.82, 2.24) is 10.6 Å². The van der Waals surface area contributed by atoms with E-state index < -0.39 is 253 Å². The average molecular weight is 1220 g/mol. The van der Waals surface area contributed by atoms with Crippen molar-refractivity contribution in [2.24, 2.45) is 0 Å². The summed E-state index contributed by atoms with van der Waals surface area (Å²) in [6.07, 6.45) is -60.5. The Bertz CT molecular complexity index is 2050. The van der Waals surface area contributed by atoms with Crippen molar-refractivity contribution in [3.8, 4) is 0 Å². The van der Waals surface area contributed by atoms with Gasteiger partial charge in [-0.1, -0.05) is 0 Å². The van der Waals surface area contributed by atoms with Crippen molar-refractivity contribution < 1.29 is 163 Å². The molecule has 35 nitrogen and oxygen atoms in total. The third-order valence-corrected chi connectivity index (χ3v) is 15.5. The summed E-state index contributed by atoms with van der Waals surface area (Å²) in [4.78, 5) is 26.1. The van der Waals surface area contributed by atoms with Crippen molar-refractivity contribution >= 4 is 11.8 Å². The number of aliphatic hydroxyl groups is 17. The van der Waals surface area contributed by atoms with E-state index in [4.69, 9.17) is 66.3 Å². The lowest BCUT2D eigenvalue weighted by molar-refractivity contribution is -0.402. The second kappa shape index (κ2) is 29.3. The topological polar surface area (TPSA) is 531 Å². The van der Waals surface area contributed by atoms with Gasteiger partial charge in [0.2, 0.25) is 11.8 Å². The zero-order chi connectivity index (χ0) is 61.2. The van der Waals surface area contributed by atoms with Crippen molar-refractivity contribution in [3.63, 3.8) is 0 Å². The highest BCUT2D eigenvalue weighted by Gasteiger charge is 2.60. The molecule has 2 amide bonds. The molecular formula is C48H82N2O33. The van der Waals surface area contributed by atoms with Gasteiger partial charge >= 0.3 is 0 Å². The van der Waals surface area contributed by atoms with Crippen LogP contribution in [0.25, 0.3) is 0 Å². The number of hydrogen-bond acceptors (Lipinski definition) is 33. The zero-order valence-electron chi connectivity index (χ0n) is 45.9. The number of nitrogens with one attached hydrogen (secondary N) is 2. The van der Waals surface area contributed by atoms with Crippen LogP contribution in [-0.2, 0) is 75.9 Å². The van der Waals surface area contributed by atoms with Gasteiger partial charge in [-0.2, -0.15) is 0 Å². The molecule has 0 aromatic carbocycles. The van der Waals surface area contributed by atoms with Crippen LogP contribution in [0, 0.1) is 0 Å². The SMILES string of the molecule is CCO[C@@H]1OC(CO)[C@@H](O[C@@H]2OC(CO)[C@H](O)C(O[C@@H]3OC(CO)[C@@H](O[C@@H]4OC(CO)[C@H](O)C(O)C4O[C@@H]4O[C@@H](C)[C@@H](O)C(O)C4O)C(O[C@@H]4OC(C)[C@@H](O)[C@H](O)C4O)[C@@H]3NC(C)=O)C2O)C(O[C@@H]2OC(C)[C@@H](O)[C@H](O)C2O)[C@@H]1NC(C)=O. The van der Waals surface area contributed by atoms with E-state index in [1.54, 1.807) is 6.92 Å². The van der Waals surface area contributed by atoms with Crippen molar-refractivity contribution in [2.45, 2.75) is 256 Å². The fourth-order valence-electron chi connectivity index (χ4n) is 10.9.